The first-order valence-corrected chi connectivity index (χ1v) is 11.1. The molecule has 34 heavy (non-hydrogen) atoms. The molecular weight excluding hydrogens is 475 g/mol. The van der Waals surface area contributed by atoms with Crippen molar-refractivity contribution in [3.8, 4) is 11.5 Å². The molecule has 0 heterocycles. The summed E-state index contributed by atoms with van der Waals surface area (Å²) in [4.78, 5) is 24.9. The molecule has 2 amide bonds. The van der Waals surface area contributed by atoms with E-state index in [0.717, 1.165) is 10.8 Å². The monoisotopic (exact) mass is 494 g/mol. The molecule has 0 aliphatic carbocycles. The van der Waals surface area contributed by atoms with Crippen LogP contribution in [0.25, 0.3) is 10.8 Å². The molecule has 6 nitrogen and oxygen atoms in total. The average molecular weight is 495 g/mol. The summed E-state index contributed by atoms with van der Waals surface area (Å²) in [5.41, 5.74) is 1.21. The van der Waals surface area contributed by atoms with Gasteiger partial charge in [-0.2, -0.15) is 0 Å². The third-order valence-electron chi connectivity index (χ3n) is 4.84. The highest BCUT2D eigenvalue weighted by Crippen LogP contribution is 2.29. The number of hydrogen-bond donors (Lipinski definition) is 2. The lowest BCUT2D eigenvalue weighted by Gasteiger charge is -2.13. The minimum absolute atomic E-state index is 0.156. The van der Waals surface area contributed by atoms with E-state index < -0.39 is 0 Å². The van der Waals surface area contributed by atoms with E-state index >= 15 is 0 Å². The van der Waals surface area contributed by atoms with Gasteiger partial charge in [0.05, 0.1) is 0 Å². The van der Waals surface area contributed by atoms with E-state index in [-0.39, 0.29) is 25.0 Å². The summed E-state index contributed by atoms with van der Waals surface area (Å²) >= 11 is 11.7. The van der Waals surface area contributed by atoms with Gasteiger partial charge < -0.3 is 20.1 Å². The minimum Gasteiger partial charge on any atom is -0.484 e. The minimum atomic E-state index is -0.312. The SMILES string of the molecule is O=C(COc1ccc(Cl)cc1)Nc1cccc2c(NC(=O)COc3ccc(Cl)cc3)cccc12. The molecule has 0 fully saturated rings. The van der Waals surface area contributed by atoms with Gasteiger partial charge in [-0.25, -0.2) is 0 Å². The molecule has 0 bridgehead atoms. The zero-order valence-electron chi connectivity index (χ0n) is 17.9. The fraction of sp³-hybridized carbons (Fsp3) is 0.0769. The van der Waals surface area contributed by atoms with Gasteiger partial charge in [0.1, 0.15) is 11.5 Å². The Morgan fingerprint density at radius 3 is 1.35 bits per heavy atom. The Bertz CT molecular complexity index is 1210. The molecule has 0 saturated heterocycles. The summed E-state index contributed by atoms with van der Waals surface area (Å²) in [7, 11) is 0. The van der Waals surface area contributed by atoms with Gasteiger partial charge in [-0.15, -0.1) is 0 Å². The largest absolute Gasteiger partial charge is 0.484 e. The Morgan fingerprint density at radius 1 is 0.588 bits per heavy atom. The first-order chi connectivity index (χ1) is 16.5. The van der Waals surface area contributed by atoms with Crippen LogP contribution < -0.4 is 20.1 Å². The Balaban J connectivity index is 1.40. The second kappa shape index (κ2) is 10.9. The van der Waals surface area contributed by atoms with Gasteiger partial charge in [0.25, 0.3) is 11.8 Å². The fourth-order valence-corrected chi connectivity index (χ4v) is 3.51. The van der Waals surface area contributed by atoms with E-state index in [9.17, 15) is 9.59 Å². The maximum Gasteiger partial charge on any atom is 0.262 e. The lowest BCUT2D eigenvalue weighted by molar-refractivity contribution is -0.118. The van der Waals surface area contributed by atoms with Crippen LogP contribution in [0.4, 0.5) is 11.4 Å². The van der Waals surface area contributed by atoms with Gasteiger partial charge in [-0.05, 0) is 60.7 Å². The molecule has 0 aromatic heterocycles. The van der Waals surface area contributed by atoms with E-state index in [1.165, 1.54) is 0 Å². The molecule has 172 valence electrons. The number of halogens is 2. The fourth-order valence-electron chi connectivity index (χ4n) is 3.26. The van der Waals surface area contributed by atoms with Crippen molar-refractivity contribution >= 4 is 57.2 Å². The van der Waals surface area contributed by atoms with Crippen molar-refractivity contribution in [2.24, 2.45) is 0 Å². The zero-order valence-corrected chi connectivity index (χ0v) is 19.4. The Morgan fingerprint density at radius 2 is 0.971 bits per heavy atom. The van der Waals surface area contributed by atoms with E-state index in [1.54, 1.807) is 72.8 Å². The van der Waals surface area contributed by atoms with Gasteiger partial charge in [-0.3, -0.25) is 9.59 Å². The van der Waals surface area contributed by atoms with Crippen molar-refractivity contribution in [3.63, 3.8) is 0 Å². The predicted octanol–water partition coefficient (Wildman–Crippen LogP) is 6.18. The van der Waals surface area contributed by atoms with Crippen LogP contribution in [0.1, 0.15) is 0 Å². The Labute approximate surface area is 206 Å². The maximum atomic E-state index is 12.4. The summed E-state index contributed by atoms with van der Waals surface area (Å²) in [5, 5.41) is 8.45. The van der Waals surface area contributed by atoms with E-state index in [0.29, 0.717) is 32.9 Å². The van der Waals surface area contributed by atoms with Gasteiger partial charge in [0, 0.05) is 32.2 Å². The van der Waals surface area contributed by atoms with Gasteiger partial charge in [0.2, 0.25) is 0 Å². The number of rotatable bonds is 8. The number of carbonyl (C=O) groups is 2. The van der Waals surface area contributed by atoms with Crippen molar-refractivity contribution in [2.45, 2.75) is 0 Å². The highest BCUT2D eigenvalue weighted by Gasteiger charge is 2.11. The van der Waals surface area contributed by atoms with Gasteiger partial charge in [-0.1, -0.05) is 47.5 Å². The maximum absolute atomic E-state index is 12.4. The summed E-state index contributed by atoms with van der Waals surface area (Å²) in [6.07, 6.45) is 0. The molecule has 4 rings (SSSR count). The van der Waals surface area contributed by atoms with Crippen LogP contribution in [0.15, 0.2) is 84.9 Å². The lowest BCUT2D eigenvalue weighted by atomic mass is 10.1. The van der Waals surface area contributed by atoms with Crippen LogP contribution in [0, 0.1) is 0 Å². The van der Waals surface area contributed by atoms with E-state index in [1.807, 2.05) is 12.1 Å². The van der Waals surface area contributed by atoms with Crippen molar-refractivity contribution in [1.29, 1.82) is 0 Å². The number of nitrogens with one attached hydrogen (secondary N) is 2. The zero-order chi connectivity index (χ0) is 23.9. The Kier molecular flexibility index (Phi) is 7.52. The number of carbonyl (C=O) groups excluding carboxylic acids is 2. The quantitative estimate of drug-likeness (QED) is 0.306. The van der Waals surface area contributed by atoms with Crippen LogP contribution in [-0.2, 0) is 9.59 Å². The second-order valence-electron chi connectivity index (χ2n) is 7.29. The number of anilines is 2. The van der Waals surface area contributed by atoms with Crippen LogP contribution in [0.5, 0.6) is 11.5 Å². The molecule has 4 aromatic rings. The summed E-state index contributed by atoms with van der Waals surface area (Å²) in [5.74, 6) is 0.466. The Hall–Kier alpha value is -3.74. The van der Waals surface area contributed by atoms with Crippen LogP contribution in [0.3, 0.4) is 0 Å². The summed E-state index contributed by atoms with van der Waals surface area (Å²) in [6.45, 7) is -0.313. The molecular formula is C26H20Cl2N2O4. The lowest BCUT2D eigenvalue weighted by Crippen LogP contribution is -2.21. The number of benzene rings is 4. The van der Waals surface area contributed by atoms with Crippen LogP contribution in [0.2, 0.25) is 10.0 Å². The van der Waals surface area contributed by atoms with E-state index in [2.05, 4.69) is 10.6 Å². The molecule has 0 aliphatic rings. The molecule has 0 aliphatic heterocycles. The van der Waals surface area contributed by atoms with E-state index in [4.69, 9.17) is 32.7 Å². The first-order valence-electron chi connectivity index (χ1n) is 10.4. The second-order valence-corrected chi connectivity index (χ2v) is 8.16. The van der Waals surface area contributed by atoms with Crippen LogP contribution >= 0.6 is 23.2 Å². The molecule has 0 atom stereocenters. The third-order valence-corrected chi connectivity index (χ3v) is 5.34. The number of fused-ring (bicyclic) bond motifs is 1. The average Bonchev–Trinajstić information content (AvgIpc) is 2.84. The topological polar surface area (TPSA) is 76.7 Å². The van der Waals surface area contributed by atoms with Gasteiger partial charge in [0.15, 0.2) is 13.2 Å². The molecule has 8 heteroatoms. The number of amides is 2. The first kappa shape index (κ1) is 23.4. The molecule has 4 aromatic carbocycles. The van der Waals surface area contributed by atoms with Crippen molar-refractivity contribution < 1.29 is 19.1 Å². The highest BCUT2D eigenvalue weighted by molar-refractivity contribution is 6.30. The predicted molar refractivity (Wildman–Crippen MR) is 135 cm³/mol. The standard InChI is InChI=1S/C26H20Cl2N2O4/c27-17-7-11-19(12-8-17)33-15-25(31)29-23-5-1-3-21-22(23)4-2-6-24(21)30-26(32)16-34-20-13-9-18(28)10-14-20/h1-14H,15-16H2,(H,29,31)(H,30,32). The number of ether oxygens (including phenoxy) is 2. The van der Waals surface area contributed by atoms with Crippen molar-refractivity contribution in [3.05, 3.63) is 95.0 Å². The van der Waals surface area contributed by atoms with Crippen LogP contribution in [-0.4, -0.2) is 25.0 Å². The summed E-state index contributed by atoms with van der Waals surface area (Å²) in [6, 6.07) is 24.5. The molecule has 0 spiro atoms. The molecule has 2 N–H and O–H groups in total. The highest BCUT2D eigenvalue weighted by atomic mass is 35.5. The molecule has 0 unspecified atom stereocenters. The summed E-state index contributed by atoms with van der Waals surface area (Å²) < 4.78 is 11.0. The third kappa shape index (κ3) is 6.19. The molecule has 0 saturated carbocycles. The van der Waals surface area contributed by atoms with Gasteiger partial charge >= 0.3 is 0 Å². The van der Waals surface area contributed by atoms with Crippen molar-refractivity contribution in [2.75, 3.05) is 23.8 Å². The molecule has 0 radical (unpaired) electrons. The normalized spacial score (nSPS) is 10.5. The van der Waals surface area contributed by atoms with Crippen molar-refractivity contribution in [1.82, 2.24) is 0 Å². The smallest absolute Gasteiger partial charge is 0.262 e. The number of hydrogen-bond acceptors (Lipinski definition) is 4.